The van der Waals surface area contributed by atoms with Crippen molar-refractivity contribution < 1.29 is 9.59 Å². The van der Waals surface area contributed by atoms with E-state index < -0.39 is 0 Å². The normalized spacial score (nSPS) is 21.1. The highest BCUT2D eigenvalue weighted by Gasteiger charge is 2.31. The molecule has 2 fully saturated rings. The van der Waals surface area contributed by atoms with E-state index in [1.54, 1.807) is 7.05 Å². The maximum absolute atomic E-state index is 12.4. The number of nitrogens with zero attached hydrogens (tertiary/aromatic N) is 3. The monoisotopic (exact) mass is 414 g/mol. The molecular weight excluding hydrogens is 380 g/mol. The molecule has 2 heterocycles. The largest absolute Gasteiger partial charge is 0.369 e. The Labute approximate surface area is 178 Å². The van der Waals surface area contributed by atoms with Crippen molar-refractivity contribution in [1.82, 2.24) is 15.5 Å². The van der Waals surface area contributed by atoms with Crippen molar-refractivity contribution in [3.8, 4) is 0 Å². The molecule has 3 rings (SSSR count). The zero-order valence-electron chi connectivity index (χ0n) is 17.8. The number of unbranched alkanes of at least 4 members (excludes halogenated alkanes) is 1. The van der Waals surface area contributed by atoms with E-state index in [2.05, 4.69) is 20.5 Å². The number of piperidine rings is 1. The number of primary amides is 1. The molecule has 2 aliphatic heterocycles. The van der Waals surface area contributed by atoms with E-state index in [1.165, 1.54) is 0 Å². The molecule has 2 saturated heterocycles. The fourth-order valence-corrected chi connectivity index (χ4v) is 4.16. The molecule has 0 saturated carbocycles. The fourth-order valence-electron chi connectivity index (χ4n) is 4.16. The summed E-state index contributed by atoms with van der Waals surface area (Å²) < 4.78 is 0. The third-order valence-corrected chi connectivity index (χ3v) is 5.94. The summed E-state index contributed by atoms with van der Waals surface area (Å²) in [5.41, 5.74) is 6.33. The van der Waals surface area contributed by atoms with Crippen LogP contribution in [0.1, 0.15) is 32.1 Å². The first-order valence-corrected chi connectivity index (χ1v) is 10.9. The van der Waals surface area contributed by atoms with Crippen molar-refractivity contribution >= 4 is 23.5 Å². The topological polar surface area (TPSA) is 103 Å². The summed E-state index contributed by atoms with van der Waals surface area (Å²) in [4.78, 5) is 32.1. The van der Waals surface area contributed by atoms with Gasteiger partial charge in [-0.2, -0.15) is 0 Å². The third-order valence-electron chi connectivity index (χ3n) is 5.94. The molecule has 1 unspecified atom stereocenters. The van der Waals surface area contributed by atoms with Crippen molar-refractivity contribution in [2.75, 3.05) is 44.7 Å². The summed E-state index contributed by atoms with van der Waals surface area (Å²) >= 11 is 0. The summed E-state index contributed by atoms with van der Waals surface area (Å²) in [5.74, 6) is 0.769. The van der Waals surface area contributed by atoms with Crippen LogP contribution in [0.25, 0.3) is 0 Å². The Morgan fingerprint density at radius 3 is 2.60 bits per heavy atom. The maximum atomic E-state index is 12.4. The van der Waals surface area contributed by atoms with Gasteiger partial charge in [0.1, 0.15) is 0 Å². The highest BCUT2D eigenvalue weighted by Crippen LogP contribution is 2.21. The van der Waals surface area contributed by atoms with E-state index in [1.807, 2.05) is 35.2 Å². The number of carbonyl (C=O) groups is 2. The van der Waals surface area contributed by atoms with Crippen molar-refractivity contribution in [2.24, 2.45) is 16.6 Å². The number of aliphatic imine (C=N–C) groups is 1. The van der Waals surface area contributed by atoms with Gasteiger partial charge in [-0.3, -0.25) is 14.6 Å². The lowest BCUT2D eigenvalue weighted by Gasteiger charge is -2.30. The standard InChI is InChI=1S/C22H34N6O2/c1-24-22(25-11-5-6-12-27-13-9-17(10-14-27)21(23)30)26-18-15-20(29)28(16-18)19-7-3-2-4-8-19/h2-4,7-8,17-18H,5-6,9-16H2,1H3,(H2,23,30)(H2,24,25,26). The average Bonchev–Trinajstić information content (AvgIpc) is 3.13. The van der Waals surface area contributed by atoms with Gasteiger partial charge in [0.15, 0.2) is 5.96 Å². The van der Waals surface area contributed by atoms with E-state index in [-0.39, 0.29) is 23.8 Å². The van der Waals surface area contributed by atoms with Crippen LogP contribution in [-0.4, -0.2) is 68.5 Å². The molecule has 0 bridgehead atoms. The molecule has 1 aromatic rings. The SMILES string of the molecule is CN=C(NCCCCN1CCC(C(N)=O)CC1)NC1CC(=O)N(c2ccccc2)C1. The fraction of sp³-hybridized carbons (Fsp3) is 0.591. The Kier molecular flexibility index (Phi) is 8.07. The second-order valence-electron chi connectivity index (χ2n) is 8.11. The molecule has 164 valence electrons. The highest BCUT2D eigenvalue weighted by molar-refractivity contribution is 5.97. The lowest BCUT2D eigenvalue weighted by molar-refractivity contribution is -0.123. The minimum absolute atomic E-state index is 0.0513. The summed E-state index contributed by atoms with van der Waals surface area (Å²) in [5, 5.41) is 6.73. The van der Waals surface area contributed by atoms with E-state index in [9.17, 15) is 9.59 Å². The number of likely N-dealkylation sites (tertiary alicyclic amines) is 1. The molecule has 1 atom stereocenters. The van der Waals surface area contributed by atoms with Crippen molar-refractivity contribution in [3.63, 3.8) is 0 Å². The van der Waals surface area contributed by atoms with Gasteiger partial charge in [0.2, 0.25) is 11.8 Å². The smallest absolute Gasteiger partial charge is 0.229 e. The number of guanidine groups is 1. The van der Waals surface area contributed by atoms with Crippen LogP contribution in [0, 0.1) is 5.92 Å². The first kappa shape index (κ1) is 22.1. The predicted octanol–water partition coefficient (Wildman–Crippen LogP) is 0.934. The summed E-state index contributed by atoms with van der Waals surface area (Å²) in [7, 11) is 1.75. The Morgan fingerprint density at radius 2 is 1.93 bits per heavy atom. The Morgan fingerprint density at radius 1 is 1.20 bits per heavy atom. The number of hydrogen-bond donors (Lipinski definition) is 3. The molecular formula is C22H34N6O2. The van der Waals surface area contributed by atoms with Crippen LogP contribution >= 0.6 is 0 Å². The van der Waals surface area contributed by atoms with Crippen LogP contribution in [0.15, 0.2) is 35.3 Å². The van der Waals surface area contributed by atoms with Gasteiger partial charge in [-0.1, -0.05) is 18.2 Å². The number of nitrogens with one attached hydrogen (secondary N) is 2. The number of anilines is 1. The number of rotatable bonds is 8. The number of carbonyl (C=O) groups excluding carboxylic acids is 2. The molecule has 4 N–H and O–H groups in total. The molecule has 30 heavy (non-hydrogen) atoms. The van der Waals surface area contributed by atoms with Gasteiger partial charge >= 0.3 is 0 Å². The van der Waals surface area contributed by atoms with Crippen molar-refractivity contribution in [2.45, 2.75) is 38.1 Å². The van der Waals surface area contributed by atoms with E-state index >= 15 is 0 Å². The molecule has 0 radical (unpaired) electrons. The lowest BCUT2D eigenvalue weighted by atomic mass is 9.96. The average molecular weight is 415 g/mol. The van der Waals surface area contributed by atoms with Gasteiger partial charge < -0.3 is 26.2 Å². The van der Waals surface area contributed by atoms with Crippen LogP contribution in [0.2, 0.25) is 0 Å². The van der Waals surface area contributed by atoms with Gasteiger partial charge in [-0.25, -0.2) is 0 Å². The van der Waals surface area contributed by atoms with E-state index in [4.69, 9.17) is 5.73 Å². The van der Waals surface area contributed by atoms with Crippen LogP contribution < -0.4 is 21.3 Å². The molecule has 2 amide bonds. The summed E-state index contributed by atoms with van der Waals surface area (Å²) in [6, 6.07) is 9.82. The van der Waals surface area contributed by atoms with Crippen LogP contribution in [0.4, 0.5) is 5.69 Å². The predicted molar refractivity (Wildman–Crippen MR) is 119 cm³/mol. The number of para-hydroxylation sites is 1. The van der Waals surface area contributed by atoms with E-state index in [0.717, 1.165) is 63.5 Å². The van der Waals surface area contributed by atoms with Crippen LogP contribution in [-0.2, 0) is 9.59 Å². The summed E-state index contributed by atoms with van der Waals surface area (Å²) in [6.45, 7) is 4.43. The minimum Gasteiger partial charge on any atom is -0.369 e. The quantitative estimate of drug-likeness (QED) is 0.334. The number of amides is 2. The first-order valence-electron chi connectivity index (χ1n) is 10.9. The molecule has 2 aliphatic rings. The zero-order valence-corrected chi connectivity index (χ0v) is 17.8. The lowest BCUT2D eigenvalue weighted by Crippen LogP contribution is -2.45. The Bertz CT molecular complexity index is 730. The minimum atomic E-state index is -0.159. The van der Waals surface area contributed by atoms with Crippen LogP contribution in [0.3, 0.4) is 0 Å². The van der Waals surface area contributed by atoms with Crippen molar-refractivity contribution in [3.05, 3.63) is 30.3 Å². The highest BCUT2D eigenvalue weighted by atomic mass is 16.2. The Balaban J connectivity index is 1.32. The first-order chi connectivity index (χ1) is 14.6. The third kappa shape index (κ3) is 6.19. The second-order valence-corrected chi connectivity index (χ2v) is 8.11. The summed E-state index contributed by atoms with van der Waals surface area (Å²) in [6.07, 6.45) is 4.36. The molecule has 1 aromatic carbocycles. The van der Waals surface area contributed by atoms with Gasteiger partial charge in [-0.05, 0) is 57.5 Å². The molecule has 8 heteroatoms. The second kappa shape index (κ2) is 11.0. The molecule has 0 aromatic heterocycles. The van der Waals surface area contributed by atoms with E-state index in [0.29, 0.717) is 13.0 Å². The maximum Gasteiger partial charge on any atom is 0.229 e. The number of nitrogens with two attached hydrogens (primary N) is 1. The van der Waals surface area contributed by atoms with Crippen LogP contribution in [0.5, 0.6) is 0 Å². The molecule has 0 spiro atoms. The molecule has 8 nitrogen and oxygen atoms in total. The van der Waals surface area contributed by atoms with Gasteiger partial charge in [0, 0.05) is 38.2 Å². The van der Waals surface area contributed by atoms with Gasteiger partial charge in [0.05, 0.1) is 6.04 Å². The van der Waals surface area contributed by atoms with Gasteiger partial charge in [-0.15, -0.1) is 0 Å². The van der Waals surface area contributed by atoms with Crippen molar-refractivity contribution in [1.29, 1.82) is 0 Å². The molecule has 0 aliphatic carbocycles. The number of hydrogen-bond acceptors (Lipinski definition) is 4. The Hall–Kier alpha value is -2.61. The zero-order chi connectivity index (χ0) is 21.3. The number of benzene rings is 1. The van der Waals surface area contributed by atoms with Gasteiger partial charge in [0.25, 0.3) is 0 Å².